The first-order valence-corrected chi connectivity index (χ1v) is 9.27. The molecule has 2 aromatic rings. The summed E-state index contributed by atoms with van der Waals surface area (Å²) in [6, 6.07) is 2.16. The van der Waals surface area contributed by atoms with Crippen molar-refractivity contribution >= 4 is 11.0 Å². The number of fused-ring (bicyclic) bond motifs is 1. The Balaban J connectivity index is 1.54. The number of nitrogens with one attached hydrogen (secondary N) is 3. The second-order valence-corrected chi connectivity index (χ2v) is 6.86. The first-order chi connectivity index (χ1) is 12.7. The number of nitrogens with zero attached hydrogens (tertiary/aromatic N) is 3. The highest BCUT2D eigenvalue weighted by Gasteiger charge is 2.18. The van der Waals surface area contributed by atoms with Crippen molar-refractivity contribution in [2.45, 2.75) is 20.4 Å². The highest BCUT2D eigenvalue weighted by atomic mass is 15.2. The van der Waals surface area contributed by atoms with Gasteiger partial charge in [-0.3, -0.25) is 9.97 Å². The van der Waals surface area contributed by atoms with E-state index in [0.717, 1.165) is 56.0 Å². The molecule has 1 aromatic heterocycles. The molecule has 1 fully saturated rings. The second kappa shape index (κ2) is 7.33. The molecule has 3 N–H and O–H groups in total. The molecule has 1 aromatic carbocycles. The molecule has 0 amide bonds. The molecule has 0 bridgehead atoms. The molecule has 136 valence electrons. The molecule has 1 saturated heterocycles. The van der Waals surface area contributed by atoms with Gasteiger partial charge in [-0.15, -0.1) is 0 Å². The Kier molecular flexibility index (Phi) is 4.75. The average Bonchev–Trinajstić information content (AvgIpc) is 2.70. The smallest absolute Gasteiger partial charge is 0.0918 e. The molecule has 26 heavy (non-hydrogen) atoms. The van der Waals surface area contributed by atoms with Crippen LogP contribution in [0.2, 0.25) is 0 Å². The fourth-order valence-electron chi connectivity index (χ4n) is 3.66. The number of piperazine rings is 1. The van der Waals surface area contributed by atoms with Crippen molar-refractivity contribution in [1.29, 1.82) is 0 Å². The Bertz CT molecular complexity index is 864. The lowest BCUT2D eigenvalue weighted by Crippen LogP contribution is -2.45. The predicted molar refractivity (Wildman–Crippen MR) is 104 cm³/mol. The Morgan fingerprint density at radius 2 is 1.92 bits per heavy atom. The second-order valence-electron chi connectivity index (χ2n) is 6.86. The van der Waals surface area contributed by atoms with Gasteiger partial charge in [0.05, 0.1) is 22.4 Å². The number of aromatic nitrogens is 2. The molecule has 2 aliphatic heterocycles. The van der Waals surface area contributed by atoms with Crippen LogP contribution in [0.5, 0.6) is 0 Å². The van der Waals surface area contributed by atoms with Crippen molar-refractivity contribution in [3.63, 3.8) is 0 Å². The number of aryl methyl sites for hydroxylation is 1. The molecule has 0 radical (unpaired) electrons. The summed E-state index contributed by atoms with van der Waals surface area (Å²) in [7, 11) is 0. The van der Waals surface area contributed by atoms with Gasteiger partial charge in [0.25, 0.3) is 0 Å². The molecular formula is C20H26N6. The van der Waals surface area contributed by atoms with Crippen molar-refractivity contribution in [2.24, 2.45) is 0 Å². The minimum Gasteiger partial charge on any atom is -0.386 e. The lowest BCUT2D eigenvalue weighted by Gasteiger charge is -2.34. The number of dihydropyridines is 1. The monoisotopic (exact) mass is 350 g/mol. The van der Waals surface area contributed by atoms with Crippen LogP contribution in [0.1, 0.15) is 16.7 Å². The lowest BCUT2D eigenvalue weighted by molar-refractivity contribution is 0.298. The molecule has 3 heterocycles. The van der Waals surface area contributed by atoms with Crippen LogP contribution in [-0.2, 0) is 6.54 Å². The molecule has 6 heteroatoms. The van der Waals surface area contributed by atoms with Crippen LogP contribution >= 0.6 is 0 Å². The van der Waals surface area contributed by atoms with Gasteiger partial charge in [-0.2, -0.15) is 0 Å². The van der Waals surface area contributed by atoms with Crippen LogP contribution in [0.4, 0.5) is 0 Å². The van der Waals surface area contributed by atoms with Gasteiger partial charge >= 0.3 is 0 Å². The van der Waals surface area contributed by atoms with E-state index in [-0.39, 0.29) is 0 Å². The molecule has 0 aliphatic carbocycles. The van der Waals surface area contributed by atoms with Gasteiger partial charge in [-0.1, -0.05) is 0 Å². The number of hydrogen-bond donors (Lipinski definition) is 3. The van der Waals surface area contributed by atoms with Crippen molar-refractivity contribution in [2.75, 3.05) is 32.7 Å². The zero-order chi connectivity index (χ0) is 17.9. The van der Waals surface area contributed by atoms with Gasteiger partial charge < -0.3 is 20.9 Å². The van der Waals surface area contributed by atoms with E-state index in [9.17, 15) is 0 Å². The topological polar surface area (TPSA) is 65.1 Å². The van der Waals surface area contributed by atoms with Crippen LogP contribution in [0, 0.1) is 13.8 Å². The maximum atomic E-state index is 4.48. The summed E-state index contributed by atoms with van der Waals surface area (Å²) >= 11 is 0. The van der Waals surface area contributed by atoms with Crippen molar-refractivity contribution in [3.05, 3.63) is 58.8 Å². The van der Waals surface area contributed by atoms with Crippen molar-refractivity contribution < 1.29 is 0 Å². The normalized spacial score (nSPS) is 17.5. The standard InChI is InChI=1S/C20H26N6/c1-14-15(2)20-17(23-5-6-24-20)11-16(14)12-25-18-13-22-4-3-19(18)26-9-7-21-8-10-26/h3,5-6,11,13,21-22,25H,4,7-10,12H2,1-2H3. The maximum Gasteiger partial charge on any atom is 0.0918 e. The zero-order valence-electron chi connectivity index (χ0n) is 15.5. The molecule has 0 atom stereocenters. The van der Waals surface area contributed by atoms with Crippen LogP contribution in [-0.4, -0.2) is 47.6 Å². The minimum absolute atomic E-state index is 0.774. The zero-order valence-corrected chi connectivity index (χ0v) is 15.5. The summed E-state index contributed by atoms with van der Waals surface area (Å²) in [6.45, 7) is 10.1. The van der Waals surface area contributed by atoms with Gasteiger partial charge in [0.1, 0.15) is 0 Å². The van der Waals surface area contributed by atoms with Gasteiger partial charge in [-0.25, -0.2) is 0 Å². The molecule has 6 nitrogen and oxygen atoms in total. The number of rotatable bonds is 4. The molecule has 4 rings (SSSR count). The summed E-state index contributed by atoms with van der Waals surface area (Å²) in [5, 5.41) is 10.4. The first-order valence-electron chi connectivity index (χ1n) is 9.27. The van der Waals surface area contributed by atoms with Gasteiger partial charge in [-0.05, 0) is 42.7 Å². The van der Waals surface area contributed by atoms with Crippen LogP contribution in [0.15, 0.2) is 42.1 Å². The van der Waals surface area contributed by atoms with E-state index in [4.69, 9.17) is 0 Å². The van der Waals surface area contributed by atoms with Crippen LogP contribution in [0.3, 0.4) is 0 Å². The molecule has 0 unspecified atom stereocenters. The first kappa shape index (κ1) is 16.8. The van der Waals surface area contributed by atoms with E-state index in [2.05, 4.69) is 63.0 Å². The summed E-state index contributed by atoms with van der Waals surface area (Å²) in [5.41, 5.74) is 8.18. The fourth-order valence-corrected chi connectivity index (χ4v) is 3.66. The third kappa shape index (κ3) is 3.24. The fraction of sp³-hybridized carbons (Fsp3) is 0.400. The van der Waals surface area contributed by atoms with Crippen molar-refractivity contribution in [3.8, 4) is 0 Å². The maximum absolute atomic E-state index is 4.48. The largest absolute Gasteiger partial charge is 0.386 e. The predicted octanol–water partition coefficient (Wildman–Crippen LogP) is 1.57. The minimum atomic E-state index is 0.774. The number of hydrogen-bond acceptors (Lipinski definition) is 6. The van der Waals surface area contributed by atoms with E-state index in [1.165, 1.54) is 22.4 Å². The van der Waals surface area contributed by atoms with Crippen LogP contribution < -0.4 is 16.0 Å². The van der Waals surface area contributed by atoms with Gasteiger partial charge in [0.2, 0.25) is 0 Å². The van der Waals surface area contributed by atoms with E-state index < -0.39 is 0 Å². The molecule has 2 aliphatic rings. The third-order valence-electron chi connectivity index (χ3n) is 5.30. The highest BCUT2D eigenvalue weighted by Crippen LogP contribution is 2.23. The SMILES string of the molecule is Cc1c(CNC2=CNCC=C2N2CCNCC2)cc2nccnc2c1C. The Labute approximate surface area is 154 Å². The number of benzene rings is 1. The van der Waals surface area contributed by atoms with E-state index in [1.807, 2.05) is 0 Å². The summed E-state index contributed by atoms with van der Waals surface area (Å²) in [4.78, 5) is 11.4. The third-order valence-corrected chi connectivity index (χ3v) is 5.30. The Morgan fingerprint density at radius 1 is 1.12 bits per heavy atom. The highest BCUT2D eigenvalue weighted by molar-refractivity contribution is 5.80. The summed E-state index contributed by atoms with van der Waals surface area (Å²) in [6.07, 6.45) is 7.89. The summed E-state index contributed by atoms with van der Waals surface area (Å²) < 4.78 is 0. The van der Waals surface area contributed by atoms with Gasteiger partial charge in [0.15, 0.2) is 0 Å². The van der Waals surface area contributed by atoms with E-state index in [1.54, 1.807) is 12.4 Å². The Morgan fingerprint density at radius 3 is 2.77 bits per heavy atom. The van der Waals surface area contributed by atoms with E-state index in [0.29, 0.717) is 0 Å². The Hall–Kier alpha value is -2.60. The molecular weight excluding hydrogens is 324 g/mol. The lowest BCUT2D eigenvalue weighted by atomic mass is 10.0. The average molecular weight is 350 g/mol. The van der Waals surface area contributed by atoms with Gasteiger partial charge in [0, 0.05) is 57.9 Å². The quantitative estimate of drug-likeness (QED) is 0.778. The molecule has 0 spiro atoms. The van der Waals surface area contributed by atoms with E-state index >= 15 is 0 Å². The van der Waals surface area contributed by atoms with Crippen molar-refractivity contribution in [1.82, 2.24) is 30.8 Å². The van der Waals surface area contributed by atoms with Crippen LogP contribution in [0.25, 0.3) is 11.0 Å². The summed E-state index contributed by atoms with van der Waals surface area (Å²) in [5.74, 6) is 0. The molecule has 0 saturated carbocycles.